The lowest BCUT2D eigenvalue weighted by Crippen LogP contribution is -2.66. The highest BCUT2D eigenvalue weighted by molar-refractivity contribution is 5.88. The van der Waals surface area contributed by atoms with Gasteiger partial charge in [0.05, 0.1) is 37.3 Å². The first-order chi connectivity index (χ1) is 12.4. The molecule has 1 aromatic rings. The van der Waals surface area contributed by atoms with Crippen LogP contribution < -0.4 is 4.74 Å². The van der Waals surface area contributed by atoms with E-state index in [1.807, 2.05) is 24.3 Å². The van der Waals surface area contributed by atoms with Crippen LogP contribution >= 0.6 is 0 Å². The molecule has 6 heteroatoms. The Bertz CT molecular complexity index is 910. The average molecular weight is 344 g/mol. The number of benzene rings is 1. The van der Waals surface area contributed by atoms with Gasteiger partial charge in [-0.25, -0.2) is 0 Å². The fraction of sp³-hybridized carbons (Fsp3) is 0.450. The number of fused-ring (bicyclic) bond motifs is 3. The van der Waals surface area contributed by atoms with E-state index in [9.17, 15) is 25.8 Å². The molecule has 2 bridgehead atoms. The SMILES string of the molecule is COc1ccc([C@H]2C[C@@]3(C)CC(=O)[C@@H]2C(C#N)(C#N)C3(C#N)C#N)cc1. The Labute approximate surface area is 151 Å². The van der Waals surface area contributed by atoms with Gasteiger partial charge in [0.1, 0.15) is 11.5 Å². The van der Waals surface area contributed by atoms with Crippen LogP contribution in [-0.2, 0) is 4.79 Å². The highest BCUT2D eigenvalue weighted by atomic mass is 16.5. The van der Waals surface area contributed by atoms with Crippen molar-refractivity contribution in [1.82, 2.24) is 0 Å². The standard InChI is InChI=1S/C20H16N4O2/c1-18-7-15(13-3-5-14(26-2)6-4-13)17(16(25)8-18)19(9-21,10-22)20(18,11-23)12-24/h3-6,15,17H,7-8H2,1-2H3/t15-,17-,18+/m1/s1. The minimum absolute atomic E-state index is 0.0244. The lowest BCUT2D eigenvalue weighted by Gasteiger charge is -2.59. The van der Waals surface area contributed by atoms with E-state index in [1.165, 1.54) is 0 Å². The van der Waals surface area contributed by atoms with Crippen LogP contribution in [0.25, 0.3) is 0 Å². The lowest BCUT2D eigenvalue weighted by atomic mass is 9.35. The van der Waals surface area contributed by atoms with Crippen molar-refractivity contribution in [2.24, 2.45) is 22.2 Å². The molecule has 6 nitrogen and oxygen atoms in total. The minimum Gasteiger partial charge on any atom is -0.497 e. The largest absolute Gasteiger partial charge is 0.497 e. The Morgan fingerprint density at radius 1 is 1.04 bits per heavy atom. The zero-order valence-corrected chi connectivity index (χ0v) is 14.5. The van der Waals surface area contributed by atoms with E-state index in [0.29, 0.717) is 12.2 Å². The van der Waals surface area contributed by atoms with Crippen molar-refractivity contribution in [2.45, 2.75) is 25.7 Å². The van der Waals surface area contributed by atoms with Crippen molar-refractivity contribution in [2.75, 3.05) is 7.11 Å². The predicted molar refractivity (Wildman–Crippen MR) is 88.9 cm³/mol. The molecule has 0 spiro atoms. The molecule has 3 fully saturated rings. The summed E-state index contributed by atoms with van der Waals surface area (Å²) in [5.41, 5.74) is -4.11. The first-order valence-corrected chi connectivity index (χ1v) is 8.20. The van der Waals surface area contributed by atoms with Gasteiger partial charge < -0.3 is 4.74 Å². The molecule has 128 valence electrons. The van der Waals surface area contributed by atoms with Crippen LogP contribution in [0.3, 0.4) is 0 Å². The quantitative estimate of drug-likeness (QED) is 0.813. The Balaban J connectivity index is 2.25. The van der Waals surface area contributed by atoms with Gasteiger partial charge in [0.25, 0.3) is 0 Å². The molecule has 3 aliphatic rings. The average Bonchev–Trinajstić information content (AvgIpc) is 2.66. The van der Waals surface area contributed by atoms with Gasteiger partial charge in [0, 0.05) is 11.8 Å². The molecule has 26 heavy (non-hydrogen) atoms. The van der Waals surface area contributed by atoms with Crippen molar-refractivity contribution >= 4 is 5.78 Å². The second kappa shape index (κ2) is 5.59. The number of Topliss-reactive ketones (excluding diaryl/α,β-unsaturated/α-hetero) is 1. The summed E-state index contributed by atoms with van der Waals surface area (Å²) in [5, 5.41) is 39.5. The zero-order chi connectivity index (χ0) is 19.2. The Kier molecular flexibility index (Phi) is 3.75. The van der Waals surface area contributed by atoms with Crippen molar-refractivity contribution in [3.8, 4) is 30.0 Å². The Morgan fingerprint density at radius 2 is 1.62 bits per heavy atom. The number of nitrogens with zero attached hydrogens (tertiary/aromatic N) is 4. The highest BCUT2D eigenvalue weighted by Gasteiger charge is 2.77. The van der Waals surface area contributed by atoms with Crippen LogP contribution in [-0.4, -0.2) is 12.9 Å². The van der Waals surface area contributed by atoms with E-state index in [0.717, 1.165) is 5.56 Å². The summed E-state index contributed by atoms with van der Waals surface area (Å²) < 4.78 is 5.15. The molecule has 0 amide bonds. The van der Waals surface area contributed by atoms with Crippen molar-refractivity contribution in [3.05, 3.63) is 29.8 Å². The van der Waals surface area contributed by atoms with Crippen molar-refractivity contribution in [1.29, 1.82) is 21.0 Å². The molecule has 0 aliphatic heterocycles. The third kappa shape index (κ3) is 1.79. The molecule has 0 saturated heterocycles. The molecule has 3 saturated carbocycles. The molecule has 1 aromatic carbocycles. The van der Waals surface area contributed by atoms with Gasteiger partial charge in [0.15, 0.2) is 10.8 Å². The first kappa shape index (κ1) is 17.5. The van der Waals surface area contributed by atoms with Crippen molar-refractivity contribution < 1.29 is 9.53 Å². The first-order valence-electron chi connectivity index (χ1n) is 8.20. The molecule has 4 rings (SSSR count). The molecule has 3 aliphatic carbocycles. The minimum atomic E-state index is -2.00. The van der Waals surface area contributed by atoms with Gasteiger partial charge in [-0.2, -0.15) is 21.0 Å². The molecule has 0 heterocycles. The number of ketones is 1. The van der Waals surface area contributed by atoms with Gasteiger partial charge in [-0.1, -0.05) is 19.1 Å². The monoisotopic (exact) mass is 344 g/mol. The maximum absolute atomic E-state index is 12.9. The molecular formula is C20H16N4O2. The number of methoxy groups -OCH3 is 1. The second-order valence-corrected chi connectivity index (χ2v) is 7.27. The number of carbonyl (C=O) groups excluding carboxylic acids is 1. The fourth-order valence-corrected chi connectivity index (χ4v) is 4.90. The maximum Gasteiger partial charge on any atom is 0.186 e. The smallest absolute Gasteiger partial charge is 0.186 e. The number of rotatable bonds is 2. The van der Waals surface area contributed by atoms with Crippen LogP contribution in [0.4, 0.5) is 0 Å². The summed E-state index contributed by atoms with van der Waals surface area (Å²) in [6, 6.07) is 14.9. The molecule has 3 atom stereocenters. The lowest BCUT2D eigenvalue weighted by molar-refractivity contribution is -0.153. The molecule has 0 unspecified atom stereocenters. The summed E-state index contributed by atoms with van der Waals surface area (Å²) in [4.78, 5) is 12.9. The number of hydrogen-bond acceptors (Lipinski definition) is 6. The Morgan fingerprint density at radius 3 is 2.08 bits per heavy atom. The Hall–Kier alpha value is -3.35. The topological polar surface area (TPSA) is 121 Å². The maximum atomic E-state index is 12.9. The van der Waals surface area contributed by atoms with Crippen molar-refractivity contribution in [3.63, 3.8) is 0 Å². The van der Waals surface area contributed by atoms with Gasteiger partial charge >= 0.3 is 0 Å². The number of hydrogen-bond donors (Lipinski definition) is 0. The van der Waals surface area contributed by atoms with Crippen LogP contribution in [0.2, 0.25) is 0 Å². The van der Waals surface area contributed by atoms with E-state index in [2.05, 4.69) is 0 Å². The third-order valence-electron chi connectivity index (χ3n) is 6.18. The molecule has 0 aromatic heterocycles. The predicted octanol–water partition coefficient (Wildman–Crippen LogP) is 2.84. The highest BCUT2D eigenvalue weighted by Crippen LogP contribution is 2.70. The summed E-state index contributed by atoms with van der Waals surface area (Å²) in [5.74, 6) is -0.987. The molecule has 0 radical (unpaired) electrons. The van der Waals surface area contributed by atoms with Crippen LogP contribution in [0.1, 0.15) is 31.2 Å². The van der Waals surface area contributed by atoms with E-state index in [4.69, 9.17) is 4.74 Å². The number of carbonyl (C=O) groups is 1. The van der Waals surface area contributed by atoms with Gasteiger partial charge in [-0.05, 0) is 30.0 Å². The van der Waals surface area contributed by atoms with E-state index in [-0.39, 0.29) is 12.2 Å². The molecular weight excluding hydrogens is 328 g/mol. The second-order valence-electron chi connectivity index (χ2n) is 7.27. The normalized spacial score (nSPS) is 30.3. The number of ether oxygens (including phenoxy) is 1. The van der Waals surface area contributed by atoms with E-state index >= 15 is 0 Å². The summed E-state index contributed by atoms with van der Waals surface area (Å²) >= 11 is 0. The molecule has 0 N–H and O–H groups in total. The van der Waals surface area contributed by atoms with Gasteiger partial charge in [-0.3, -0.25) is 4.79 Å². The van der Waals surface area contributed by atoms with Crippen LogP contribution in [0, 0.1) is 67.5 Å². The number of nitriles is 4. The van der Waals surface area contributed by atoms with Crippen LogP contribution in [0.5, 0.6) is 5.75 Å². The summed E-state index contributed by atoms with van der Waals surface area (Å²) in [7, 11) is 1.55. The zero-order valence-electron chi connectivity index (χ0n) is 14.5. The van der Waals surface area contributed by atoms with E-state index < -0.39 is 28.1 Å². The third-order valence-corrected chi connectivity index (χ3v) is 6.18. The summed E-state index contributed by atoms with van der Waals surface area (Å²) in [6.07, 6.45) is 0.415. The van der Waals surface area contributed by atoms with E-state index in [1.54, 1.807) is 38.3 Å². The summed E-state index contributed by atoms with van der Waals surface area (Å²) in [6.45, 7) is 1.67. The van der Waals surface area contributed by atoms with Gasteiger partial charge in [-0.15, -0.1) is 0 Å². The van der Waals surface area contributed by atoms with Crippen LogP contribution in [0.15, 0.2) is 24.3 Å². The van der Waals surface area contributed by atoms with Gasteiger partial charge in [0.2, 0.25) is 0 Å². The fourth-order valence-electron chi connectivity index (χ4n) is 4.90.